The van der Waals surface area contributed by atoms with E-state index in [-0.39, 0.29) is 5.97 Å². The number of esters is 1. The molecule has 0 bridgehead atoms. The second-order valence-corrected chi connectivity index (χ2v) is 6.03. The zero-order valence-electron chi connectivity index (χ0n) is 13.0. The molecule has 1 atom stereocenters. The average Bonchev–Trinajstić information content (AvgIpc) is 2.91. The number of ether oxygens (including phenoxy) is 1. The first-order chi connectivity index (χ1) is 10.2. The largest absolute Gasteiger partial charge is 0.462 e. The van der Waals surface area contributed by atoms with Crippen molar-refractivity contribution in [1.82, 2.24) is 9.80 Å². The molecule has 1 aliphatic carbocycles. The summed E-state index contributed by atoms with van der Waals surface area (Å²) in [6.07, 6.45) is 2.24. The topological polar surface area (TPSA) is 32.8 Å². The van der Waals surface area contributed by atoms with Gasteiger partial charge in [-0.15, -0.1) is 0 Å². The maximum atomic E-state index is 11.8. The normalized spacial score (nSPS) is 23.0. The van der Waals surface area contributed by atoms with Crippen LogP contribution in [0, 0.1) is 0 Å². The smallest absolute Gasteiger partial charge is 0.338 e. The van der Waals surface area contributed by atoms with Crippen LogP contribution >= 0.6 is 0 Å². The summed E-state index contributed by atoms with van der Waals surface area (Å²) in [6.45, 7) is 6.84. The Hall–Kier alpha value is -1.39. The molecule has 1 fully saturated rings. The summed E-state index contributed by atoms with van der Waals surface area (Å²) in [7, 11) is 2.19. The molecular weight excluding hydrogens is 264 g/mol. The molecule has 1 aliphatic heterocycles. The van der Waals surface area contributed by atoms with Crippen LogP contribution in [0.2, 0.25) is 0 Å². The number of hydrogen-bond donors (Lipinski definition) is 0. The Morgan fingerprint density at radius 1 is 1.29 bits per heavy atom. The zero-order valence-corrected chi connectivity index (χ0v) is 13.0. The van der Waals surface area contributed by atoms with E-state index in [4.69, 9.17) is 4.74 Å². The number of benzene rings is 1. The van der Waals surface area contributed by atoms with Crippen molar-refractivity contribution >= 4 is 5.97 Å². The highest BCUT2D eigenvalue weighted by atomic mass is 16.5. The summed E-state index contributed by atoms with van der Waals surface area (Å²) >= 11 is 0. The first kappa shape index (κ1) is 14.5. The highest BCUT2D eigenvalue weighted by molar-refractivity contribution is 5.89. The third kappa shape index (κ3) is 2.97. The van der Waals surface area contributed by atoms with Gasteiger partial charge < -0.3 is 9.64 Å². The van der Waals surface area contributed by atoms with Crippen molar-refractivity contribution in [2.24, 2.45) is 0 Å². The number of nitrogens with zero attached hydrogens (tertiary/aromatic N) is 2. The number of piperazine rings is 1. The zero-order chi connectivity index (χ0) is 14.8. The number of carbonyl (C=O) groups excluding carboxylic acids is 1. The van der Waals surface area contributed by atoms with E-state index in [1.807, 2.05) is 19.1 Å². The molecule has 0 spiro atoms. The van der Waals surface area contributed by atoms with Gasteiger partial charge in [-0.25, -0.2) is 4.79 Å². The Balaban J connectivity index is 1.75. The highest BCUT2D eigenvalue weighted by Crippen LogP contribution is 2.36. The number of aryl methyl sites for hydroxylation is 1. The van der Waals surface area contributed by atoms with Gasteiger partial charge in [-0.2, -0.15) is 0 Å². The standard InChI is InChI=1S/C17H24N2O2/c1-3-21-17(20)14-4-6-15-13(12-14)5-7-16(15)19-10-8-18(2)9-11-19/h4,6,12,16H,3,5,7-11H2,1-2H3. The van der Waals surface area contributed by atoms with Gasteiger partial charge in [0, 0.05) is 32.2 Å². The molecule has 0 aromatic heterocycles. The molecule has 0 radical (unpaired) electrons. The third-order valence-electron chi connectivity index (χ3n) is 4.68. The number of carbonyl (C=O) groups is 1. The summed E-state index contributed by atoms with van der Waals surface area (Å²) in [4.78, 5) is 16.8. The molecule has 0 saturated carbocycles. The van der Waals surface area contributed by atoms with Crippen LogP contribution in [-0.4, -0.2) is 55.6 Å². The maximum Gasteiger partial charge on any atom is 0.338 e. The summed E-state index contributed by atoms with van der Waals surface area (Å²) in [5.41, 5.74) is 3.42. The average molecular weight is 288 g/mol. The Labute approximate surface area is 126 Å². The minimum atomic E-state index is -0.205. The van der Waals surface area contributed by atoms with E-state index in [0.29, 0.717) is 18.2 Å². The van der Waals surface area contributed by atoms with Crippen LogP contribution in [-0.2, 0) is 11.2 Å². The molecule has 21 heavy (non-hydrogen) atoms. The van der Waals surface area contributed by atoms with E-state index in [1.54, 1.807) is 0 Å². The van der Waals surface area contributed by atoms with Gasteiger partial charge in [0.2, 0.25) is 0 Å². The van der Waals surface area contributed by atoms with Crippen LogP contribution in [0.15, 0.2) is 18.2 Å². The van der Waals surface area contributed by atoms with Crippen LogP contribution in [0.25, 0.3) is 0 Å². The van der Waals surface area contributed by atoms with Gasteiger partial charge >= 0.3 is 5.97 Å². The first-order valence-corrected chi connectivity index (χ1v) is 7.91. The molecule has 0 N–H and O–H groups in total. The fourth-order valence-electron chi connectivity index (χ4n) is 3.45. The second kappa shape index (κ2) is 6.16. The Bertz CT molecular complexity index is 522. The molecule has 3 rings (SSSR count). The van der Waals surface area contributed by atoms with E-state index in [1.165, 1.54) is 17.5 Å². The van der Waals surface area contributed by atoms with Crippen molar-refractivity contribution < 1.29 is 9.53 Å². The van der Waals surface area contributed by atoms with Gasteiger partial charge in [0.1, 0.15) is 0 Å². The summed E-state index contributed by atoms with van der Waals surface area (Å²) < 4.78 is 5.09. The molecule has 1 unspecified atom stereocenters. The van der Waals surface area contributed by atoms with E-state index in [0.717, 1.165) is 32.6 Å². The molecule has 1 heterocycles. The molecule has 1 aromatic rings. The van der Waals surface area contributed by atoms with Crippen molar-refractivity contribution in [3.05, 3.63) is 34.9 Å². The van der Waals surface area contributed by atoms with E-state index in [2.05, 4.69) is 22.9 Å². The molecule has 1 saturated heterocycles. The quantitative estimate of drug-likeness (QED) is 0.798. The van der Waals surface area contributed by atoms with E-state index < -0.39 is 0 Å². The molecule has 4 heteroatoms. The minimum absolute atomic E-state index is 0.205. The Morgan fingerprint density at radius 3 is 2.76 bits per heavy atom. The first-order valence-electron chi connectivity index (χ1n) is 7.91. The van der Waals surface area contributed by atoms with Crippen molar-refractivity contribution in [2.75, 3.05) is 39.8 Å². The van der Waals surface area contributed by atoms with Crippen molar-refractivity contribution in [3.63, 3.8) is 0 Å². The molecular formula is C17H24N2O2. The lowest BCUT2D eigenvalue weighted by molar-refractivity contribution is 0.0526. The van der Waals surface area contributed by atoms with E-state index in [9.17, 15) is 4.79 Å². The van der Waals surface area contributed by atoms with Crippen LogP contribution in [0.1, 0.15) is 40.9 Å². The molecule has 0 amide bonds. The van der Waals surface area contributed by atoms with Gasteiger partial charge in [-0.1, -0.05) is 6.07 Å². The van der Waals surface area contributed by atoms with Crippen molar-refractivity contribution in [3.8, 4) is 0 Å². The lowest BCUT2D eigenvalue weighted by Gasteiger charge is -2.36. The fourth-order valence-corrected chi connectivity index (χ4v) is 3.45. The predicted molar refractivity (Wildman–Crippen MR) is 82.5 cm³/mol. The number of hydrogen-bond acceptors (Lipinski definition) is 4. The van der Waals surface area contributed by atoms with Gasteiger partial charge in [-0.3, -0.25) is 4.90 Å². The number of fused-ring (bicyclic) bond motifs is 1. The Kier molecular flexibility index (Phi) is 4.27. The van der Waals surface area contributed by atoms with Gasteiger partial charge in [-0.05, 0) is 50.1 Å². The predicted octanol–water partition coefficient (Wildman–Crippen LogP) is 2.10. The summed E-state index contributed by atoms with van der Waals surface area (Å²) in [6, 6.07) is 6.62. The molecule has 114 valence electrons. The molecule has 2 aliphatic rings. The fraction of sp³-hybridized carbons (Fsp3) is 0.588. The lowest BCUT2D eigenvalue weighted by atomic mass is 10.0. The summed E-state index contributed by atoms with van der Waals surface area (Å²) in [5.74, 6) is -0.205. The second-order valence-electron chi connectivity index (χ2n) is 6.03. The van der Waals surface area contributed by atoms with Crippen LogP contribution in [0.3, 0.4) is 0 Å². The SMILES string of the molecule is CCOC(=O)c1ccc2c(c1)CCC2N1CCN(C)CC1. The van der Waals surface area contributed by atoms with Crippen molar-refractivity contribution in [1.29, 1.82) is 0 Å². The summed E-state index contributed by atoms with van der Waals surface area (Å²) in [5, 5.41) is 0. The van der Waals surface area contributed by atoms with Gasteiger partial charge in [0.15, 0.2) is 0 Å². The lowest BCUT2D eigenvalue weighted by Crippen LogP contribution is -2.45. The molecule has 4 nitrogen and oxygen atoms in total. The minimum Gasteiger partial charge on any atom is -0.462 e. The number of likely N-dealkylation sites (N-methyl/N-ethyl adjacent to an activating group) is 1. The monoisotopic (exact) mass is 288 g/mol. The van der Waals surface area contributed by atoms with Gasteiger partial charge in [0.05, 0.1) is 12.2 Å². The highest BCUT2D eigenvalue weighted by Gasteiger charge is 2.30. The van der Waals surface area contributed by atoms with Crippen LogP contribution < -0.4 is 0 Å². The number of rotatable bonds is 3. The maximum absolute atomic E-state index is 11.8. The third-order valence-corrected chi connectivity index (χ3v) is 4.68. The Morgan fingerprint density at radius 2 is 2.05 bits per heavy atom. The van der Waals surface area contributed by atoms with Crippen LogP contribution in [0.4, 0.5) is 0 Å². The van der Waals surface area contributed by atoms with E-state index >= 15 is 0 Å². The van der Waals surface area contributed by atoms with Crippen molar-refractivity contribution in [2.45, 2.75) is 25.8 Å². The van der Waals surface area contributed by atoms with Crippen LogP contribution in [0.5, 0.6) is 0 Å². The van der Waals surface area contributed by atoms with Gasteiger partial charge in [0.25, 0.3) is 0 Å². The molecule has 1 aromatic carbocycles.